The number of aromatic hydroxyl groups is 1. The first-order valence-corrected chi connectivity index (χ1v) is 5.98. The molecule has 0 atom stereocenters. The molecule has 0 fully saturated rings. The van der Waals surface area contributed by atoms with Gasteiger partial charge in [-0.1, -0.05) is 0 Å². The summed E-state index contributed by atoms with van der Waals surface area (Å²) in [6.45, 7) is 0. The molecule has 9 nitrogen and oxygen atoms in total. The number of hydrogen-bond acceptors (Lipinski definition) is 7. The molecule has 0 aliphatic heterocycles. The highest BCUT2D eigenvalue weighted by Crippen LogP contribution is 2.25. The Morgan fingerprint density at radius 3 is 2.32 bits per heavy atom. The van der Waals surface area contributed by atoms with E-state index >= 15 is 0 Å². The minimum absolute atomic E-state index is 0.0383. The number of benzene rings is 2. The Kier molecular flexibility index (Phi) is 4.27. The number of anilines is 1. The lowest BCUT2D eigenvalue weighted by atomic mass is 10.2. The van der Waals surface area contributed by atoms with E-state index in [0.717, 1.165) is 0 Å². The predicted molar refractivity (Wildman–Crippen MR) is 79.1 cm³/mol. The van der Waals surface area contributed by atoms with Crippen LogP contribution in [0.3, 0.4) is 0 Å². The van der Waals surface area contributed by atoms with Gasteiger partial charge in [0.05, 0.1) is 21.7 Å². The number of hydrazone groups is 1. The maximum Gasteiger partial charge on any atom is 0.311 e. The molecule has 9 heteroatoms. The van der Waals surface area contributed by atoms with Crippen LogP contribution in [0.4, 0.5) is 17.1 Å². The summed E-state index contributed by atoms with van der Waals surface area (Å²) in [5, 5.41) is 34.4. The van der Waals surface area contributed by atoms with E-state index in [1.807, 2.05) is 0 Å². The van der Waals surface area contributed by atoms with Crippen molar-refractivity contribution in [2.24, 2.45) is 5.10 Å². The Morgan fingerprint density at radius 1 is 1.05 bits per heavy atom. The fourth-order valence-electron chi connectivity index (χ4n) is 1.61. The maximum absolute atomic E-state index is 10.7. The lowest BCUT2D eigenvalue weighted by Gasteiger charge is -2.00. The standard InChI is InChI=1S/C13H10N4O5/c18-13-6-1-9(7-12(13)17(21)22)8-14-15-10-2-4-11(5-3-10)16(19)20/h1-8,15,18H. The van der Waals surface area contributed by atoms with Crippen LogP contribution in [0, 0.1) is 20.2 Å². The Labute approximate surface area is 123 Å². The van der Waals surface area contributed by atoms with Crippen molar-refractivity contribution in [2.75, 3.05) is 5.43 Å². The number of phenols is 1. The van der Waals surface area contributed by atoms with E-state index in [4.69, 9.17) is 0 Å². The van der Waals surface area contributed by atoms with Crippen LogP contribution in [0.1, 0.15) is 5.56 Å². The van der Waals surface area contributed by atoms with Gasteiger partial charge >= 0.3 is 5.69 Å². The molecular weight excluding hydrogens is 292 g/mol. The van der Waals surface area contributed by atoms with E-state index in [1.54, 1.807) is 0 Å². The molecule has 0 radical (unpaired) electrons. The monoisotopic (exact) mass is 302 g/mol. The van der Waals surface area contributed by atoms with E-state index in [2.05, 4.69) is 10.5 Å². The lowest BCUT2D eigenvalue weighted by molar-refractivity contribution is -0.385. The van der Waals surface area contributed by atoms with Crippen LogP contribution in [-0.2, 0) is 0 Å². The minimum atomic E-state index is -0.698. The van der Waals surface area contributed by atoms with Crippen molar-refractivity contribution < 1.29 is 15.0 Å². The Morgan fingerprint density at radius 2 is 1.73 bits per heavy atom. The van der Waals surface area contributed by atoms with Gasteiger partial charge in [0, 0.05) is 23.8 Å². The van der Waals surface area contributed by atoms with E-state index in [9.17, 15) is 25.3 Å². The van der Waals surface area contributed by atoms with Gasteiger partial charge in [-0.2, -0.15) is 5.10 Å². The first-order valence-electron chi connectivity index (χ1n) is 5.98. The average molecular weight is 302 g/mol. The first-order chi connectivity index (χ1) is 10.5. The largest absolute Gasteiger partial charge is 0.502 e. The molecule has 0 aromatic heterocycles. The number of phenolic OH excluding ortho intramolecular Hbond substituents is 1. The normalized spacial score (nSPS) is 10.5. The van der Waals surface area contributed by atoms with Gasteiger partial charge in [-0.25, -0.2) is 0 Å². The minimum Gasteiger partial charge on any atom is -0.502 e. The summed E-state index contributed by atoms with van der Waals surface area (Å²) in [5.74, 6) is -0.425. The van der Waals surface area contributed by atoms with Crippen molar-refractivity contribution in [3.8, 4) is 5.75 Å². The topological polar surface area (TPSA) is 131 Å². The second-order valence-corrected chi connectivity index (χ2v) is 4.18. The molecule has 0 saturated carbocycles. The van der Waals surface area contributed by atoms with Crippen LogP contribution in [0.15, 0.2) is 47.6 Å². The molecule has 22 heavy (non-hydrogen) atoms. The summed E-state index contributed by atoms with van der Waals surface area (Å²) >= 11 is 0. The van der Waals surface area contributed by atoms with Crippen LogP contribution < -0.4 is 5.43 Å². The van der Waals surface area contributed by atoms with Crippen molar-refractivity contribution in [1.82, 2.24) is 0 Å². The summed E-state index contributed by atoms with van der Waals surface area (Å²) in [6, 6.07) is 9.45. The van der Waals surface area contributed by atoms with Gasteiger partial charge in [0.25, 0.3) is 5.69 Å². The third-order valence-corrected chi connectivity index (χ3v) is 2.68. The Hall–Kier alpha value is -3.49. The number of nitro benzene ring substituents is 2. The Bertz CT molecular complexity index is 743. The van der Waals surface area contributed by atoms with E-state index in [0.29, 0.717) is 11.3 Å². The maximum atomic E-state index is 10.7. The number of nitrogens with zero attached hydrogens (tertiary/aromatic N) is 3. The zero-order valence-corrected chi connectivity index (χ0v) is 11.0. The van der Waals surface area contributed by atoms with Crippen LogP contribution in [0.25, 0.3) is 0 Å². The number of non-ortho nitro benzene ring substituents is 1. The molecule has 2 N–H and O–H groups in total. The molecule has 0 saturated heterocycles. The third kappa shape index (κ3) is 3.54. The van der Waals surface area contributed by atoms with Gasteiger partial charge in [-0.05, 0) is 24.3 Å². The highest BCUT2D eigenvalue weighted by molar-refractivity contribution is 5.82. The van der Waals surface area contributed by atoms with E-state index in [-0.39, 0.29) is 5.69 Å². The van der Waals surface area contributed by atoms with Crippen molar-refractivity contribution in [2.45, 2.75) is 0 Å². The number of nitro groups is 2. The molecule has 2 aromatic carbocycles. The number of nitrogens with one attached hydrogen (secondary N) is 1. The number of rotatable bonds is 5. The van der Waals surface area contributed by atoms with Gasteiger partial charge in [-0.3, -0.25) is 25.7 Å². The Balaban J connectivity index is 2.08. The van der Waals surface area contributed by atoms with Crippen LogP contribution >= 0.6 is 0 Å². The van der Waals surface area contributed by atoms with E-state index in [1.165, 1.54) is 48.7 Å². The second-order valence-electron chi connectivity index (χ2n) is 4.18. The zero-order valence-electron chi connectivity index (χ0n) is 11.0. The summed E-state index contributed by atoms with van der Waals surface area (Å²) < 4.78 is 0. The molecule has 0 aliphatic carbocycles. The third-order valence-electron chi connectivity index (χ3n) is 2.68. The number of hydrogen-bond donors (Lipinski definition) is 2. The van der Waals surface area contributed by atoms with Crippen molar-refractivity contribution >= 4 is 23.3 Å². The molecule has 0 bridgehead atoms. The summed E-state index contributed by atoms with van der Waals surface area (Å²) in [4.78, 5) is 20.0. The van der Waals surface area contributed by atoms with Gasteiger partial charge in [0.15, 0.2) is 5.75 Å². The fourth-order valence-corrected chi connectivity index (χ4v) is 1.61. The molecule has 112 valence electrons. The van der Waals surface area contributed by atoms with Crippen LogP contribution in [-0.4, -0.2) is 21.2 Å². The van der Waals surface area contributed by atoms with E-state index < -0.39 is 21.3 Å². The van der Waals surface area contributed by atoms with Gasteiger partial charge in [-0.15, -0.1) is 0 Å². The lowest BCUT2D eigenvalue weighted by Crippen LogP contribution is -1.94. The average Bonchev–Trinajstić information content (AvgIpc) is 2.49. The highest BCUT2D eigenvalue weighted by Gasteiger charge is 2.12. The molecular formula is C13H10N4O5. The molecule has 0 heterocycles. The molecule has 2 rings (SSSR count). The summed E-state index contributed by atoms with van der Waals surface area (Å²) in [7, 11) is 0. The molecule has 0 amide bonds. The van der Waals surface area contributed by atoms with Crippen molar-refractivity contribution in [3.05, 3.63) is 68.3 Å². The summed E-state index contributed by atoms with van der Waals surface area (Å²) in [6.07, 6.45) is 1.33. The first kappa shape index (κ1) is 14.9. The van der Waals surface area contributed by atoms with Gasteiger partial charge in [0.2, 0.25) is 0 Å². The molecule has 0 unspecified atom stereocenters. The fraction of sp³-hybridized carbons (Fsp3) is 0. The predicted octanol–water partition coefficient (Wildman–Crippen LogP) is 2.65. The zero-order chi connectivity index (χ0) is 16.1. The van der Waals surface area contributed by atoms with Gasteiger partial charge < -0.3 is 5.11 Å². The smallest absolute Gasteiger partial charge is 0.311 e. The SMILES string of the molecule is O=[N+]([O-])c1ccc(NN=Cc2ccc(O)c([N+](=O)[O-])c2)cc1. The molecule has 0 spiro atoms. The van der Waals surface area contributed by atoms with Crippen LogP contribution in [0.5, 0.6) is 5.75 Å². The van der Waals surface area contributed by atoms with Crippen molar-refractivity contribution in [1.29, 1.82) is 0 Å². The van der Waals surface area contributed by atoms with Gasteiger partial charge in [0.1, 0.15) is 0 Å². The summed E-state index contributed by atoms with van der Waals surface area (Å²) in [5.41, 5.74) is 3.12. The second kappa shape index (κ2) is 6.31. The van der Waals surface area contributed by atoms with Crippen LogP contribution in [0.2, 0.25) is 0 Å². The molecule has 0 aliphatic rings. The highest BCUT2D eigenvalue weighted by atomic mass is 16.6. The van der Waals surface area contributed by atoms with Crippen molar-refractivity contribution in [3.63, 3.8) is 0 Å². The molecule has 2 aromatic rings. The quantitative estimate of drug-likeness (QED) is 0.496.